The third kappa shape index (κ3) is 5.94. The molecule has 1 aliphatic heterocycles. The lowest BCUT2D eigenvalue weighted by Crippen LogP contribution is -2.48. The second-order valence-electron chi connectivity index (χ2n) is 8.60. The minimum Gasteiger partial charge on any atom is -0.489 e. The third-order valence-corrected chi connectivity index (χ3v) is 7.24. The first-order valence-corrected chi connectivity index (χ1v) is 12.4. The van der Waals surface area contributed by atoms with E-state index in [2.05, 4.69) is 30.9 Å². The number of rotatable bonds is 7. The Balaban J connectivity index is 1.28. The van der Waals surface area contributed by atoms with Gasteiger partial charge in [0.2, 0.25) is 0 Å². The largest absolute Gasteiger partial charge is 0.489 e. The smallest absolute Gasteiger partial charge is 0.264 e. The van der Waals surface area contributed by atoms with E-state index in [0.717, 1.165) is 11.3 Å². The van der Waals surface area contributed by atoms with E-state index in [9.17, 15) is 9.18 Å². The highest BCUT2D eigenvalue weighted by molar-refractivity contribution is 7.12. The summed E-state index contributed by atoms with van der Waals surface area (Å²) in [6, 6.07) is 14.8. The molecular formula is C26H28ClFN2O2S. The molecule has 33 heavy (non-hydrogen) atoms. The number of hydrogen-bond acceptors (Lipinski definition) is 4. The summed E-state index contributed by atoms with van der Waals surface area (Å²) in [6.07, 6.45) is 0. The van der Waals surface area contributed by atoms with E-state index in [1.165, 1.54) is 23.0 Å². The molecule has 0 N–H and O–H groups in total. The van der Waals surface area contributed by atoms with Crippen molar-refractivity contribution in [2.75, 3.05) is 26.2 Å². The molecule has 2 heterocycles. The summed E-state index contributed by atoms with van der Waals surface area (Å²) < 4.78 is 20.0. The van der Waals surface area contributed by atoms with Crippen LogP contribution in [0.2, 0.25) is 5.02 Å². The van der Waals surface area contributed by atoms with E-state index >= 15 is 0 Å². The Morgan fingerprint density at radius 3 is 2.52 bits per heavy atom. The van der Waals surface area contributed by atoms with E-state index < -0.39 is 0 Å². The average molecular weight is 487 g/mol. The van der Waals surface area contributed by atoms with Crippen LogP contribution < -0.4 is 4.74 Å². The average Bonchev–Trinajstić information content (AvgIpc) is 3.29. The molecule has 0 unspecified atom stereocenters. The highest BCUT2D eigenvalue weighted by atomic mass is 35.5. The van der Waals surface area contributed by atoms with Gasteiger partial charge < -0.3 is 9.64 Å². The summed E-state index contributed by atoms with van der Waals surface area (Å²) in [5, 5.41) is 2.42. The van der Waals surface area contributed by atoms with Gasteiger partial charge in [0.05, 0.1) is 4.88 Å². The fraction of sp³-hybridized carbons (Fsp3) is 0.346. The van der Waals surface area contributed by atoms with Crippen molar-refractivity contribution in [3.8, 4) is 5.75 Å². The lowest BCUT2D eigenvalue weighted by Gasteiger charge is -2.34. The maximum atomic E-state index is 14.1. The Labute approximate surface area is 203 Å². The molecule has 4 rings (SSSR count). The first kappa shape index (κ1) is 23.7. The van der Waals surface area contributed by atoms with Crippen molar-refractivity contribution in [1.82, 2.24) is 9.80 Å². The van der Waals surface area contributed by atoms with Crippen LogP contribution in [0.15, 0.2) is 53.9 Å². The molecule has 4 nitrogen and oxygen atoms in total. The van der Waals surface area contributed by atoms with E-state index in [0.29, 0.717) is 60.7 Å². The number of halogens is 2. The maximum absolute atomic E-state index is 14.1. The fourth-order valence-corrected chi connectivity index (χ4v) is 4.94. The van der Waals surface area contributed by atoms with Crippen molar-refractivity contribution in [3.63, 3.8) is 0 Å². The topological polar surface area (TPSA) is 32.8 Å². The predicted octanol–water partition coefficient (Wildman–Crippen LogP) is 6.20. The van der Waals surface area contributed by atoms with Crippen LogP contribution in [0, 0.1) is 5.82 Å². The van der Waals surface area contributed by atoms with Crippen molar-refractivity contribution in [3.05, 3.63) is 86.3 Å². The Bertz CT molecular complexity index is 1070. The molecular weight excluding hydrogens is 459 g/mol. The maximum Gasteiger partial charge on any atom is 0.264 e. The third-order valence-electron chi connectivity index (χ3n) is 5.92. The number of amides is 1. The second kappa shape index (κ2) is 10.7. The number of carbonyl (C=O) groups is 1. The molecule has 0 aliphatic carbocycles. The molecule has 0 radical (unpaired) electrons. The fourth-order valence-electron chi connectivity index (χ4n) is 3.85. The van der Waals surface area contributed by atoms with Crippen LogP contribution in [0.4, 0.5) is 4.39 Å². The van der Waals surface area contributed by atoms with E-state index in [4.69, 9.17) is 16.3 Å². The highest BCUT2D eigenvalue weighted by Crippen LogP contribution is 2.24. The number of ether oxygens (including phenoxy) is 1. The van der Waals surface area contributed by atoms with Crippen molar-refractivity contribution in [1.29, 1.82) is 0 Å². The van der Waals surface area contributed by atoms with E-state index in [-0.39, 0.29) is 11.7 Å². The van der Waals surface area contributed by atoms with Gasteiger partial charge >= 0.3 is 0 Å². The first-order valence-electron chi connectivity index (χ1n) is 11.2. The van der Waals surface area contributed by atoms with Gasteiger partial charge in [0.25, 0.3) is 5.91 Å². The summed E-state index contributed by atoms with van der Waals surface area (Å²) in [5.41, 5.74) is 2.78. The molecule has 2 aromatic carbocycles. The Morgan fingerprint density at radius 2 is 1.85 bits per heavy atom. The van der Waals surface area contributed by atoms with Gasteiger partial charge in [-0.15, -0.1) is 11.3 Å². The van der Waals surface area contributed by atoms with Crippen LogP contribution in [0.3, 0.4) is 0 Å². The zero-order valence-electron chi connectivity index (χ0n) is 18.9. The molecule has 1 saturated heterocycles. The van der Waals surface area contributed by atoms with Crippen LogP contribution >= 0.6 is 22.9 Å². The van der Waals surface area contributed by atoms with Crippen LogP contribution in [-0.4, -0.2) is 41.9 Å². The van der Waals surface area contributed by atoms with Gasteiger partial charge in [-0.1, -0.05) is 43.6 Å². The zero-order valence-corrected chi connectivity index (χ0v) is 20.5. The molecule has 1 fully saturated rings. The number of hydrogen-bond donors (Lipinski definition) is 0. The zero-order chi connectivity index (χ0) is 23.4. The molecule has 0 bridgehead atoms. The Kier molecular flexibility index (Phi) is 7.68. The van der Waals surface area contributed by atoms with Gasteiger partial charge in [-0.3, -0.25) is 9.69 Å². The van der Waals surface area contributed by atoms with Crippen LogP contribution in [0.25, 0.3) is 0 Å². The standard InChI is InChI=1S/C26H28ClFN2O2S/c1-18(2)20-6-8-21(9-7-20)32-16-19-14-25(33-17-19)26(31)30-12-10-29(11-13-30)15-22-23(27)4-3-5-24(22)28/h3-9,14,17-18H,10-13,15-16H2,1-2H3. The van der Waals surface area contributed by atoms with Gasteiger partial charge in [-0.05, 0) is 47.2 Å². The van der Waals surface area contributed by atoms with Crippen molar-refractivity contribution < 1.29 is 13.9 Å². The number of piperazine rings is 1. The van der Waals surface area contributed by atoms with E-state index in [1.807, 2.05) is 28.5 Å². The second-order valence-corrected chi connectivity index (χ2v) is 9.92. The summed E-state index contributed by atoms with van der Waals surface area (Å²) >= 11 is 7.60. The first-order chi connectivity index (χ1) is 15.9. The molecule has 174 valence electrons. The summed E-state index contributed by atoms with van der Waals surface area (Å²) in [6.45, 7) is 7.80. The summed E-state index contributed by atoms with van der Waals surface area (Å²) in [4.78, 5) is 17.7. The summed E-state index contributed by atoms with van der Waals surface area (Å²) in [7, 11) is 0. The van der Waals surface area contributed by atoms with E-state index in [1.54, 1.807) is 12.1 Å². The monoisotopic (exact) mass is 486 g/mol. The van der Waals surface area contributed by atoms with Crippen LogP contribution in [0.1, 0.15) is 46.1 Å². The number of nitrogens with zero attached hydrogens (tertiary/aromatic N) is 2. The van der Waals surface area contributed by atoms with Crippen molar-refractivity contribution in [2.45, 2.75) is 32.9 Å². The minimum atomic E-state index is -0.287. The molecule has 3 aromatic rings. The Morgan fingerprint density at radius 1 is 1.12 bits per heavy atom. The van der Waals surface area contributed by atoms with Gasteiger partial charge in [0.15, 0.2) is 0 Å². The van der Waals surface area contributed by atoms with Crippen LogP contribution in [0.5, 0.6) is 5.75 Å². The molecule has 7 heteroatoms. The van der Waals surface area contributed by atoms with Crippen molar-refractivity contribution >= 4 is 28.8 Å². The predicted molar refractivity (Wildman–Crippen MR) is 132 cm³/mol. The normalized spacial score (nSPS) is 14.6. The quantitative estimate of drug-likeness (QED) is 0.398. The SMILES string of the molecule is CC(C)c1ccc(OCc2csc(C(=O)N3CCN(Cc4c(F)cccc4Cl)CC3)c2)cc1. The van der Waals surface area contributed by atoms with Crippen molar-refractivity contribution in [2.24, 2.45) is 0 Å². The number of thiophene rings is 1. The molecule has 1 aromatic heterocycles. The molecule has 0 atom stereocenters. The highest BCUT2D eigenvalue weighted by Gasteiger charge is 2.24. The molecule has 1 aliphatic rings. The number of benzene rings is 2. The molecule has 0 saturated carbocycles. The Hall–Kier alpha value is -2.41. The number of carbonyl (C=O) groups excluding carboxylic acids is 1. The van der Waals surface area contributed by atoms with Crippen LogP contribution in [-0.2, 0) is 13.2 Å². The minimum absolute atomic E-state index is 0.0381. The summed E-state index contributed by atoms with van der Waals surface area (Å²) in [5.74, 6) is 1.06. The molecule has 1 amide bonds. The van der Waals surface area contributed by atoms with Gasteiger partial charge in [0.1, 0.15) is 18.2 Å². The molecule has 0 spiro atoms. The van der Waals surface area contributed by atoms with Gasteiger partial charge in [-0.25, -0.2) is 4.39 Å². The van der Waals surface area contributed by atoms with Gasteiger partial charge in [0, 0.05) is 48.9 Å². The van der Waals surface area contributed by atoms with Gasteiger partial charge in [-0.2, -0.15) is 0 Å². The lowest BCUT2D eigenvalue weighted by atomic mass is 10.0. The lowest BCUT2D eigenvalue weighted by molar-refractivity contribution is 0.0631.